The van der Waals surface area contributed by atoms with Crippen LogP contribution in [0.3, 0.4) is 0 Å². The van der Waals surface area contributed by atoms with Crippen molar-refractivity contribution in [1.82, 2.24) is 0 Å². The third-order valence-electron chi connectivity index (χ3n) is 2.86. The van der Waals surface area contributed by atoms with Crippen LogP contribution < -0.4 is 14.2 Å². The minimum absolute atomic E-state index is 0.0271. The Morgan fingerprint density at radius 2 is 1.92 bits per heavy atom. The van der Waals surface area contributed by atoms with Gasteiger partial charge in [0.05, 0.1) is 23.7 Å². The molecule has 0 bridgehead atoms. The fourth-order valence-corrected chi connectivity index (χ4v) is 1.85. The van der Waals surface area contributed by atoms with Crippen molar-refractivity contribution in [3.63, 3.8) is 0 Å². The summed E-state index contributed by atoms with van der Waals surface area (Å²) in [5, 5.41) is 19.7. The molecule has 0 heterocycles. The van der Waals surface area contributed by atoms with Crippen LogP contribution in [-0.4, -0.2) is 18.6 Å². The van der Waals surface area contributed by atoms with Crippen LogP contribution in [0.5, 0.6) is 23.0 Å². The lowest BCUT2D eigenvalue weighted by atomic mass is 10.2. The fourth-order valence-electron chi connectivity index (χ4n) is 1.85. The first-order valence-corrected chi connectivity index (χ1v) is 6.44. The van der Waals surface area contributed by atoms with Gasteiger partial charge in [-0.05, 0) is 18.2 Å². The number of ether oxygens (including phenoxy) is 3. The Hall–Kier alpha value is -3.41. The van der Waals surface area contributed by atoms with Gasteiger partial charge in [0.15, 0.2) is 11.5 Å². The van der Waals surface area contributed by atoms with Gasteiger partial charge in [-0.1, -0.05) is 0 Å². The predicted molar refractivity (Wildman–Crippen MR) is 77.5 cm³/mol. The molecular formula is C15H10F2N2O5. The van der Waals surface area contributed by atoms with E-state index in [1.807, 2.05) is 6.07 Å². The maximum absolute atomic E-state index is 12.4. The Kier molecular flexibility index (Phi) is 5.11. The van der Waals surface area contributed by atoms with Crippen LogP contribution in [0, 0.1) is 21.4 Å². The highest BCUT2D eigenvalue weighted by Crippen LogP contribution is 2.37. The molecule has 0 aliphatic carbocycles. The van der Waals surface area contributed by atoms with Crippen LogP contribution >= 0.6 is 0 Å². The molecule has 0 amide bonds. The van der Waals surface area contributed by atoms with Gasteiger partial charge in [0.1, 0.15) is 5.75 Å². The molecular weight excluding hydrogens is 326 g/mol. The number of alkyl halides is 2. The highest BCUT2D eigenvalue weighted by atomic mass is 19.3. The molecule has 2 rings (SSSR count). The normalized spacial score (nSPS) is 10.1. The third kappa shape index (κ3) is 3.86. The summed E-state index contributed by atoms with van der Waals surface area (Å²) in [6.45, 7) is -3.22. The van der Waals surface area contributed by atoms with Crippen LogP contribution in [0.4, 0.5) is 14.5 Å². The standard InChI is InChI=1S/C15H10F2N2O5/c1-22-14-6-9(8-18)2-5-12(14)23-10-3-4-11(19(20)21)13(7-10)24-15(16)17/h2-7,15H,1H3. The van der Waals surface area contributed by atoms with Crippen molar-refractivity contribution in [2.24, 2.45) is 0 Å². The zero-order chi connectivity index (χ0) is 17.7. The number of rotatable bonds is 6. The Morgan fingerprint density at radius 1 is 1.17 bits per heavy atom. The van der Waals surface area contributed by atoms with E-state index in [2.05, 4.69) is 4.74 Å². The van der Waals surface area contributed by atoms with E-state index in [1.54, 1.807) is 0 Å². The van der Waals surface area contributed by atoms with Gasteiger partial charge in [0, 0.05) is 18.2 Å². The Morgan fingerprint density at radius 3 is 2.50 bits per heavy atom. The van der Waals surface area contributed by atoms with Crippen LogP contribution in [0.2, 0.25) is 0 Å². The first-order valence-electron chi connectivity index (χ1n) is 6.44. The molecule has 0 spiro atoms. The SMILES string of the molecule is COc1cc(C#N)ccc1Oc1ccc([N+](=O)[O-])c(OC(F)F)c1. The average Bonchev–Trinajstić information content (AvgIpc) is 2.54. The number of nitriles is 1. The van der Waals surface area contributed by atoms with Gasteiger partial charge >= 0.3 is 12.3 Å². The summed E-state index contributed by atoms with van der Waals surface area (Å²) < 4.78 is 39.5. The monoisotopic (exact) mass is 336 g/mol. The zero-order valence-electron chi connectivity index (χ0n) is 12.2. The minimum atomic E-state index is -3.22. The molecule has 2 aromatic carbocycles. The molecule has 7 nitrogen and oxygen atoms in total. The molecule has 0 aliphatic rings. The summed E-state index contributed by atoms with van der Waals surface area (Å²) in [5.74, 6) is -0.156. The van der Waals surface area contributed by atoms with Crippen molar-refractivity contribution in [2.75, 3.05) is 7.11 Å². The molecule has 0 atom stereocenters. The second kappa shape index (κ2) is 7.23. The molecule has 0 radical (unpaired) electrons. The maximum atomic E-state index is 12.4. The fraction of sp³-hybridized carbons (Fsp3) is 0.133. The van der Waals surface area contributed by atoms with Crippen molar-refractivity contribution < 1.29 is 27.9 Å². The summed E-state index contributed by atoms with van der Waals surface area (Å²) in [7, 11) is 1.37. The van der Waals surface area contributed by atoms with Crippen LogP contribution in [0.15, 0.2) is 36.4 Å². The van der Waals surface area contributed by atoms with E-state index in [-0.39, 0.29) is 17.2 Å². The zero-order valence-corrected chi connectivity index (χ0v) is 12.2. The Balaban J connectivity index is 2.37. The largest absolute Gasteiger partial charge is 0.493 e. The highest BCUT2D eigenvalue weighted by Gasteiger charge is 2.20. The number of nitro groups is 1. The second-order valence-electron chi connectivity index (χ2n) is 4.34. The minimum Gasteiger partial charge on any atom is -0.493 e. The van der Waals surface area contributed by atoms with E-state index in [4.69, 9.17) is 14.7 Å². The first kappa shape index (κ1) is 17.0. The van der Waals surface area contributed by atoms with Gasteiger partial charge in [0.25, 0.3) is 0 Å². The molecule has 0 saturated carbocycles. The van der Waals surface area contributed by atoms with Crippen LogP contribution in [0.1, 0.15) is 5.56 Å². The molecule has 2 aromatic rings. The van der Waals surface area contributed by atoms with Crippen molar-refractivity contribution >= 4 is 5.69 Å². The summed E-state index contributed by atoms with van der Waals surface area (Å²) in [6, 6.07) is 9.47. The quantitative estimate of drug-likeness (QED) is 0.587. The molecule has 0 saturated heterocycles. The van der Waals surface area contributed by atoms with Crippen LogP contribution in [-0.2, 0) is 0 Å². The number of hydrogen-bond acceptors (Lipinski definition) is 6. The molecule has 24 heavy (non-hydrogen) atoms. The summed E-state index contributed by atoms with van der Waals surface area (Å²) in [5.41, 5.74) is -0.279. The smallest absolute Gasteiger partial charge is 0.387 e. The van der Waals surface area contributed by atoms with Gasteiger partial charge in [-0.2, -0.15) is 14.0 Å². The van der Waals surface area contributed by atoms with Crippen molar-refractivity contribution in [1.29, 1.82) is 5.26 Å². The van der Waals surface area contributed by atoms with Crippen molar-refractivity contribution in [2.45, 2.75) is 6.61 Å². The molecule has 124 valence electrons. The number of hydrogen-bond donors (Lipinski definition) is 0. The number of benzene rings is 2. The number of nitrogens with zero attached hydrogens (tertiary/aromatic N) is 2. The topological polar surface area (TPSA) is 94.6 Å². The van der Waals surface area contributed by atoms with Gasteiger partial charge in [-0.15, -0.1) is 0 Å². The number of halogens is 2. The van der Waals surface area contributed by atoms with E-state index < -0.39 is 23.0 Å². The van der Waals surface area contributed by atoms with Crippen molar-refractivity contribution in [3.8, 4) is 29.1 Å². The van der Waals surface area contributed by atoms with Gasteiger partial charge < -0.3 is 14.2 Å². The van der Waals surface area contributed by atoms with Gasteiger partial charge in [0.2, 0.25) is 5.75 Å². The number of nitro benzene ring substituents is 1. The van der Waals surface area contributed by atoms with E-state index >= 15 is 0 Å². The lowest BCUT2D eigenvalue weighted by Gasteiger charge is -2.12. The molecule has 0 fully saturated rings. The molecule has 0 aromatic heterocycles. The van der Waals surface area contributed by atoms with Gasteiger partial charge in [-0.25, -0.2) is 0 Å². The number of methoxy groups -OCH3 is 1. The summed E-state index contributed by atoms with van der Waals surface area (Å²) in [4.78, 5) is 9.99. The molecule has 0 aliphatic heterocycles. The van der Waals surface area contributed by atoms with E-state index in [0.29, 0.717) is 5.56 Å². The Labute approximate surface area is 134 Å². The van der Waals surface area contributed by atoms with E-state index in [0.717, 1.165) is 12.1 Å². The average molecular weight is 336 g/mol. The molecule has 0 N–H and O–H groups in total. The first-order chi connectivity index (χ1) is 11.4. The lowest BCUT2D eigenvalue weighted by Crippen LogP contribution is -2.04. The lowest BCUT2D eigenvalue weighted by molar-refractivity contribution is -0.386. The van der Waals surface area contributed by atoms with Crippen molar-refractivity contribution in [3.05, 3.63) is 52.1 Å². The highest BCUT2D eigenvalue weighted by molar-refractivity contribution is 5.53. The maximum Gasteiger partial charge on any atom is 0.387 e. The third-order valence-corrected chi connectivity index (χ3v) is 2.86. The molecule has 9 heteroatoms. The summed E-state index contributed by atoms with van der Waals surface area (Å²) >= 11 is 0. The van der Waals surface area contributed by atoms with Crippen LogP contribution in [0.25, 0.3) is 0 Å². The Bertz CT molecular complexity index is 805. The van der Waals surface area contributed by atoms with Gasteiger partial charge in [-0.3, -0.25) is 10.1 Å². The predicted octanol–water partition coefficient (Wildman–Crippen LogP) is 3.87. The second-order valence-corrected chi connectivity index (χ2v) is 4.34. The summed E-state index contributed by atoms with van der Waals surface area (Å²) in [6.07, 6.45) is 0. The molecule has 0 unspecified atom stereocenters. The van der Waals surface area contributed by atoms with E-state index in [9.17, 15) is 18.9 Å². The van der Waals surface area contributed by atoms with E-state index in [1.165, 1.54) is 31.4 Å².